The molecule has 0 saturated carbocycles. The number of carbonyl (C=O) groups is 1. The molecule has 0 bridgehead atoms. The molecular weight excluding hydrogens is 304 g/mol. The van der Waals surface area contributed by atoms with Crippen LogP contribution >= 0.6 is 15.9 Å². The molecule has 0 aliphatic carbocycles. The second-order valence-corrected chi connectivity index (χ2v) is 4.00. The Labute approximate surface area is 103 Å². The highest BCUT2D eigenvalue weighted by molar-refractivity contribution is 9.10. The predicted octanol–water partition coefficient (Wildman–Crippen LogP) is 2.63. The molecule has 0 N–H and O–H groups in total. The number of benzene rings is 1. The Morgan fingerprint density at radius 1 is 1.53 bits per heavy atom. The van der Waals surface area contributed by atoms with E-state index in [2.05, 4.69) is 4.74 Å². The van der Waals surface area contributed by atoms with Gasteiger partial charge in [-0.2, -0.15) is 8.78 Å². The van der Waals surface area contributed by atoms with Crippen LogP contribution in [0.3, 0.4) is 0 Å². The summed E-state index contributed by atoms with van der Waals surface area (Å²) in [6.07, 6.45) is 0. The van der Waals surface area contributed by atoms with Crippen molar-refractivity contribution in [1.82, 2.24) is 0 Å². The minimum atomic E-state index is -3.76. The molecule has 1 aromatic rings. The normalized spacial score (nSPS) is 11.0. The van der Waals surface area contributed by atoms with Crippen LogP contribution in [0.25, 0.3) is 0 Å². The molecule has 17 heavy (non-hydrogen) atoms. The van der Waals surface area contributed by atoms with E-state index in [9.17, 15) is 23.7 Å². The number of rotatable bonds is 4. The van der Waals surface area contributed by atoms with Gasteiger partial charge in [0.15, 0.2) is 0 Å². The maximum absolute atomic E-state index is 12.4. The van der Waals surface area contributed by atoms with Crippen molar-refractivity contribution < 1.29 is 23.2 Å². The monoisotopic (exact) mass is 309 g/mol. The third-order valence-electron chi connectivity index (χ3n) is 1.72. The third kappa shape index (κ3) is 4.06. The lowest BCUT2D eigenvalue weighted by Crippen LogP contribution is -2.23. The summed E-state index contributed by atoms with van der Waals surface area (Å²) in [6, 6.07) is 5.17. The van der Waals surface area contributed by atoms with Crippen molar-refractivity contribution in [3.05, 3.63) is 39.9 Å². The summed E-state index contributed by atoms with van der Waals surface area (Å²) in [5.74, 6) is -1.75. The number of nitro groups is 1. The summed E-state index contributed by atoms with van der Waals surface area (Å²) >= 11 is 1.84. The highest BCUT2D eigenvalue weighted by Crippen LogP contribution is 2.24. The van der Waals surface area contributed by atoms with Gasteiger partial charge in [-0.3, -0.25) is 10.1 Å². The van der Waals surface area contributed by atoms with E-state index in [0.717, 1.165) is 6.07 Å². The summed E-state index contributed by atoms with van der Waals surface area (Å²) in [4.78, 5) is 16.7. The average molecular weight is 310 g/mol. The largest absolute Gasteiger partial charge is 0.456 e. The summed E-state index contributed by atoms with van der Waals surface area (Å²) < 4.78 is 29.0. The fourth-order valence-corrected chi connectivity index (χ4v) is 1.10. The third-order valence-corrected chi connectivity index (χ3v) is 2.05. The first-order chi connectivity index (χ1) is 7.80. The quantitative estimate of drug-likeness (QED) is 0.371. The molecule has 0 aliphatic heterocycles. The second kappa shape index (κ2) is 5.17. The van der Waals surface area contributed by atoms with E-state index >= 15 is 0 Å². The number of halogens is 3. The minimum absolute atomic E-state index is 0.204. The number of non-ortho nitro benzene ring substituents is 1. The Kier molecular flexibility index (Phi) is 4.11. The Morgan fingerprint density at radius 2 is 2.18 bits per heavy atom. The van der Waals surface area contributed by atoms with Crippen molar-refractivity contribution >= 4 is 27.6 Å². The van der Waals surface area contributed by atoms with Crippen LogP contribution < -0.4 is 0 Å². The molecule has 0 amide bonds. The molecule has 0 unspecified atom stereocenters. The van der Waals surface area contributed by atoms with Crippen molar-refractivity contribution in [2.24, 2.45) is 0 Å². The lowest BCUT2D eigenvalue weighted by molar-refractivity contribution is -0.384. The topological polar surface area (TPSA) is 69.4 Å². The summed E-state index contributed by atoms with van der Waals surface area (Å²) in [5, 5.41) is 10.4. The average Bonchev–Trinajstić information content (AvgIpc) is 2.25. The maximum Gasteiger partial charge on any atom is 0.396 e. The minimum Gasteiger partial charge on any atom is -0.456 e. The summed E-state index contributed by atoms with van der Waals surface area (Å²) in [6.45, 7) is -0.457. The van der Waals surface area contributed by atoms with Gasteiger partial charge < -0.3 is 4.74 Å². The van der Waals surface area contributed by atoms with Crippen LogP contribution in [0, 0.1) is 10.1 Å². The van der Waals surface area contributed by atoms with Gasteiger partial charge in [-0.05, 0) is 5.56 Å². The van der Waals surface area contributed by atoms with E-state index in [4.69, 9.17) is 0 Å². The number of nitrogens with zero attached hydrogens (tertiary/aromatic N) is 1. The first-order valence-corrected chi connectivity index (χ1v) is 5.07. The zero-order valence-electron chi connectivity index (χ0n) is 8.23. The Morgan fingerprint density at radius 3 is 2.71 bits per heavy atom. The molecule has 0 fully saturated rings. The predicted molar refractivity (Wildman–Crippen MR) is 56.8 cm³/mol. The molecule has 0 heterocycles. The fraction of sp³-hybridized carbons (Fsp3) is 0.222. The van der Waals surface area contributed by atoms with Crippen molar-refractivity contribution in [3.8, 4) is 0 Å². The molecule has 0 saturated heterocycles. The van der Waals surface area contributed by atoms with Gasteiger partial charge in [0.2, 0.25) is 0 Å². The SMILES string of the molecule is O=C(OCc1cccc([N+](=O)[O-])c1)C(F)(F)Br. The standard InChI is InChI=1S/C9H6BrF2NO4/c10-9(11,12)8(14)17-5-6-2-1-3-7(4-6)13(15)16/h1-4H,5H2. The molecule has 1 aromatic carbocycles. The Hall–Kier alpha value is -1.57. The number of hydrogen-bond donors (Lipinski definition) is 0. The number of esters is 1. The fourth-order valence-electron chi connectivity index (χ4n) is 0.991. The van der Waals surface area contributed by atoms with Crippen LogP contribution in [0.2, 0.25) is 0 Å². The first kappa shape index (κ1) is 13.5. The second-order valence-electron chi connectivity index (χ2n) is 3.00. The van der Waals surface area contributed by atoms with E-state index in [1.54, 1.807) is 0 Å². The van der Waals surface area contributed by atoms with Gasteiger partial charge in [-0.1, -0.05) is 12.1 Å². The van der Waals surface area contributed by atoms with Gasteiger partial charge in [-0.25, -0.2) is 4.79 Å². The highest BCUT2D eigenvalue weighted by Gasteiger charge is 2.36. The lowest BCUT2D eigenvalue weighted by atomic mass is 10.2. The van der Waals surface area contributed by atoms with Gasteiger partial charge in [-0.15, -0.1) is 0 Å². The van der Waals surface area contributed by atoms with Crippen LogP contribution in [-0.2, 0) is 16.1 Å². The highest BCUT2D eigenvalue weighted by atomic mass is 79.9. The molecule has 0 aliphatic rings. The van der Waals surface area contributed by atoms with E-state index in [1.165, 1.54) is 18.2 Å². The molecular formula is C9H6BrF2NO4. The molecule has 5 nitrogen and oxygen atoms in total. The van der Waals surface area contributed by atoms with E-state index < -0.39 is 22.3 Å². The maximum atomic E-state index is 12.4. The molecule has 1 rings (SSSR count). The number of nitro benzene ring substituents is 1. The smallest absolute Gasteiger partial charge is 0.396 e. The number of hydrogen-bond acceptors (Lipinski definition) is 4. The zero-order chi connectivity index (χ0) is 13.1. The molecule has 0 radical (unpaired) electrons. The van der Waals surface area contributed by atoms with Crippen LogP contribution in [0.15, 0.2) is 24.3 Å². The van der Waals surface area contributed by atoms with E-state index in [0.29, 0.717) is 0 Å². The van der Waals surface area contributed by atoms with Gasteiger partial charge in [0.05, 0.1) is 4.92 Å². The molecule has 0 spiro atoms. The van der Waals surface area contributed by atoms with Gasteiger partial charge in [0.25, 0.3) is 5.69 Å². The number of alkyl halides is 3. The Bertz CT molecular complexity index is 447. The molecule has 0 aromatic heterocycles. The van der Waals surface area contributed by atoms with Crippen molar-refractivity contribution in [1.29, 1.82) is 0 Å². The first-order valence-electron chi connectivity index (χ1n) is 4.28. The zero-order valence-corrected chi connectivity index (χ0v) is 9.82. The molecule has 92 valence electrons. The molecule has 0 atom stereocenters. The summed E-state index contributed by atoms with van der Waals surface area (Å²) in [7, 11) is 0. The van der Waals surface area contributed by atoms with Crippen LogP contribution in [0.4, 0.5) is 14.5 Å². The van der Waals surface area contributed by atoms with Crippen LogP contribution in [0.1, 0.15) is 5.56 Å². The van der Waals surface area contributed by atoms with Crippen molar-refractivity contribution in [3.63, 3.8) is 0 Å². The molecule has 8 heteroatoms. The van der Waals surface area contributed by atoms with E-state index in [1.807, 2.05) is 15.9 Å². The number of ether oxygens (including phenoxy) is 1. The van der Waals surface area contributed by atoms with Crippen molar-refractivity contribution in [2.75, 3.05) is 0 Å². The van der Waals surface area contributed by atoms with Gasteiger partial charge in [0, 0.05) is 28.1 Å². The number of carbonyl (C=O) groups excluding carboxylic acids is 1. The summed E-state index contributed by atoms with van der Waals surface area (Å²) in [5.41, 5.74) is 0.0495. The van der Waals surface area contributed by atoms with Gasteiger partial charge in [0.1, 0.15) is 6.61 Å². The lowest BCUT2D eigenvalue weighted by Gasteiger charge is -2.08. The van der Waals surface area contributed by atoms with Crippen molar-refractivity contribution in [2.45, 2.75) is 11.4 Å². The van der Waals surface area contributed by atoms with Crippen LogP contribution in [0.5, 0.6) is 0 Å². The van der Waals surface area contributed by atoms with Gasteiger partial charge >= 0.3 is 10.8 Å². The Balaban J connectivity index is 2.67. The van der Waals surface area contributed by atoms with E-state index in [-0.39, 0.29) is 11.3 Å². The van der Waals surface area contributed by atoms with Crippen LogP contribution in [-0.4, -0.2) is 15.7 Å².